The van der Waals surface area contributed by atoms with Crippen LogP contribution in [0.15, 0.2) is 18.3 Å². The molecule has 0 bridgehead atoms. The molecule has 0 spiro atoms. The molecule has 0 aliphatic carbocycles. The van der Waals surface area contributed by atoms with E-state index in [2.05, 4.69) is 4.98 Å². The summed E-state index contributed by atoms with van der Waals surface area (Å²) in [7, 11) is 0. The summed E-state index contributed by atoms with van der Waals surface area (Å²) < 4.78 is 23.9. The third kappa shape index (κ3) is 2.93. The second-order valence-electron chi connectivity index (χ2n) is 1.70. The van der Waals surface area contributed by atoms with Crippen LogP contribution in [-0.2, 0) is 0 Å². The maximum Gasteiger partial charge on any atom is 0.145 e. The summed E-state index contributed by atoms with van der Waals surface area (Å²) in [6.45, 7) is 0. The normalized spacial score (nSPS) is 10.2. The van der Waals surface area contributed by atoms with Crippen molar-refractivity contribution in [3.05, 3.63) is 21.9 Å². The molecule has 6 heteroatoms. The summed E-state index contributed by atoms with van der Waals surface area (Å²) in [5.74, 6) is 0.127. The number of hydrogen-bond acceptors (Lipinski definition) is 3. The molecule has 0 aliphatic rings. The average molecular weight is 271 g/mol. The summed E-state index contributed by atoms with van der Waals surface area (Å²) in [5, 5.41) is 0. The fraction of sp³-hybridized carbons (Fsp3) is 0. The minimum Gasteiger partial charge on any atom is -0.247 e. The zero-order chi connectivity index (χ0) is 8.27. The van der Waals surface area contributed by atoms with E-state index >= 15 is 0 Å². The van der Waals surface area contributed by atoms with E-state index in [0.29, 0.717) is 0 Å². The number of nitrogens with zero attached hydrogens (tertiary/aromatic N) is 2. The number of halogens is 3. The molecule has 1 heterocycles. The van der Waals surface area contributed by atoms with Gasteiger partial charge in [0.1, 0.15) is 11.3 Å². The summed E-state index contributed by atoms with van der Waals surface area (Å²) >= 11 is 2.01. The molecule has 1 aromatic heterocycles. The molecule has 0 unspecified atom stereocenters. The van der Waals surface area contributed by atoms with Crippen molar-refractivity contribution in [3.8, 4) is 0 Å². The topological polar surface area (TPSA) is 28.2 Å². The molecule has 1 rings (SSSR count). The molecule has 1 aromatic rings. The van der Waals surface area contributed by atoms with Crippen molar-refractivity contribution in [2.45, 2.75) is 0 Å². The Morgan fingerprint density at radius 3 is 2.82 bits per heavy atom. The highest BCUT2D eigenvalue weighted by atomic mass is 127. The van der Waals surface area contributed by atoms with Gasteiger partial charge in [-0.2, -0.15) is 0 Å². The Kier molecular flexibility index (Phi) is 2.94. The fourth-order valence-electron chi connectivity index (χ4n) is 0.552. The first kappa shape index (κ1) is 8.60. The molecule has 1 N–H and O–H groups in total. The number of aromatic nitrogens is 1. The van der Waals surface area contributed by atoms with Gasteiger partial charge in [-0.05, 0) is 34.7 Å². The first-order chi connectivity index (χ1) is 5.18. The minimum atomic E-state index is -1.14. The Labute approximate surface area is 75.4 Å². The largest absolute Gasteiger partial charge is 0.247 e. The van der Waals surface area contributed by atoms with Gasteiger partial charge < -0.3 is 0 Å². The van der Waals surface area contributed by atoms with Crippen LogP contribution < -0.4 is 5.43 Å². The third-order valence-electron chi connectivity index (χ3n) is 0.921. The Morgan fingerprint density at radius 2 is 2.27 bits per heavy atom. The van der Waals surface area contributed by atoms with Crippen LogP contribution >= 0.6 is 22.6 Å². The lowest BCUT2D eigenvalue weighted by atomic mass is 10.5. The summed E-state index contributed by atoms with van der Waals surface area (Å²) in [5.41, 5.74) is 0.589. The van der Waals surface area contributed by atoms with Crippen LogP contribution in [0.5, 0.6) is 0 Å². The van der Waals surface area contributed by atoms with Gasteiger partial charge in [-0.15, -0.1) is 0 Å². The van der Waals surface area contributed by atoms with E-state index in [0.717, 1.165) is 3.57 Å². The lowest BCUT2D eigenvalue weighted by Crippen LogP contribution is -2.11. The van der Waals surface area contributed by atoms with Crippen molar-refractivity contribution in [3.63, 3.8) is 0 Å². The molecule has 0 saturated heterocycles. The molecule has 11 heavy (non-hydrogen) atoms. The van der Waals surface area contributed by atoms with Crippen molar-refractivity contribution in [1.29, 1.82) is 0 Å². The van der Waals surface area contributed by atoms with E-state index in [9.17, 15) is 8.96 Å². The van der Waals surface area contributed by atoms with E-state index in [-0.39, 0.29) is 5.82 Å². The standard InChI is InChI=1S/C5H4F2IN3/c6-11(7)10-5-3-4(8)1-2-9-5/h1-3H,(H,9,10). The number of anilines is 1. The van der Waals surface area contributed by atoms with Crippen molar-refractivity contribution in [2.75, 3.05) is 5.43 Å². The third-order valence-corrected chi connectivity index (χ3v) is 1.59. The van der Waals surface area contributed by atoms with Crippen molar-refractivity contribution in [1.82, 2.24) is 10.4 Å². The van der Waals surface area contributed by atoms with Gasteiger partial charge in [-0.3, -0.25) is 0 Å². The van der Waals surface area contributed by atoms with Crippen LogP contribution in [0.25, 0.3) is 0 Å². The lowest BCUT2D eigenvalue weighted by molar-refractivity contribution is -0.128. The first-order valence-electron chi connectivity index (χ1n) is 2.68. The number of pyridine rings is 1. The SMILES string of the molecule is FN(F)Nc1cc(I)ccn1. The summed E-state index contributed by atoms with van der Waals surface area (Å²) in [6, 6.07) is 3.22. The molecular formula is C5H4F2IN3. The molecule has 60 valence electrons. The highest BCUT2D eigenvalue weighted by Crippen LogP contribution is 2.09. The number of nitrogens with one attached hydrogen (secondary N) is 1. The molecular weight excluding hydrogens is 267 g/mol. The van der Waals surface area contributed by atoms with E-state index in [1.165, 1.54) is 12.3 Å². The number of hydrogen-bond donors (Lipinski definition) is 1. The van der Waals surface area contributed by atoms with Crippen molar-refractivity contribution in [2.24, 2.45) is 0 Å². The molecule has 0 fully saturated rings. The van der Waals surface area contributed by atoms with Crippen LogP contribution in [0.3, 0.4) is 0 Å². The highest BCUT2D eigenvalue weighted by molar-refractivity contribution is 14.1. The molecule has 0 aliphatic heterocycles. The molecule has 0 atom stereocenters. The summed E-state index contributed by atoms with van der Waals surface area (Å²) in [6.07, 6.45) is 1.45. The van der Waals surface area contributed by atoms with Gasteiger partial charge in [-0.25, -0.2) is 10.4 Å². The van der Waals surface area contributed by atoms with Crippen LogP contribution in [0.1, 0.15) is 0 Å². The molecule has 0 radical (unpaired) electrons. The van der Waals surface area contributed by atoms with Crippen LogP contribution in [0, 0.1) is 3.57 Å². The quantitative estimate of drug-likeness (QED) is 0.507. The minimum absolute atomic E-state index is 0.127. The predicted molar refractivity (Wildman–Crippen MR) is 44.6 cm³/mol. The maximum absolute atomic E-state index is 11.5. The van der Waals surface area contributed by atoms with Crippen molar-refractivity contribution < 1.29 is 8.96 Å². The van der Waals surface area contributed by atoms with Gasteiger partial charge in [0.15, 0.2) is 0 Å². The summed E-state index contributed by atoms with van der Waals surface area (Å²) in [4.78, 5) is 3.64. The van der Waals surface area contributed by atoms with E-state index in [1.54, 1.807) is 11.5 Å². The molecule has 0 aromatic carbocycles. The van der Waals surface area contributed by atoms with E-state index in [4.69, 9.17) is 0 Å². The van der Waals surface area contributed by atoms with Crippen LogP contribution in [0.2, 0.25) is 0 Å². The highest BCUT2D eigenvalue weighted by Gasteiger charge is 1.99. The van der Waals surface area contributed by atoms with E-state index < -0.39 is 5.45 Å². The Bertz CT molecular complexity index is 243. The van der Waals surface area contributed by atoms with Gasteiger partial charge in [0.2, 0.25) is 0 Å². The smallest absolute Gasteiger partial charge is 0.145 e. The van der Waals surface area contributed by atoms with Gasteiger partial charge >= 0.3 is 0 Å². The Balaban J connectivity index is 2.71. The fourth-order valence-corrected chi connectivity index (χ4v) is 1.01. The number of hydrazine groups is 1. The van der Waals surface area contributed by atoms with Gasteiger partial charge in [-0.1, -0.05) is 8.96 Å². The molecule has 0 saturated carbocycles. The number of rotatable bonds is 2. The van der Waals surface area contributed by atoms with Gasteiger partial charge in [0.05, 0.1) is 0 Å². The lowest BCUT2D eigenvalue weighted by Gasteiger charge is -2.02. The van der Waals surface area contributed by atoms with Gasteiger partial charge in [0.25, 0.3) is 0 Å². The Hall–Kier alpha value is -0.500. The molecule has 0 amide bonds. The van der Waals surface area contributed by atoms with Crippen molar-refractivity contribution >= 4 is 28.4 Å². The predicted octanol–water partition coefficient (Wildman–Crippen LogP) is 2.08. The molecule has 3 nitrogen and oxygen atoms in total. The maximum atomic E-state index is 11.5. The average Bonchev–Trinajstić information content (AvgIpc) is 1.85. The first-order valence-corrected chi connectivity index (χ1v) is 3.76. The van der Waals surface area contributed by atoms with Crippen LogP contribution in [-0.4, -0.2) is 10.4 Å². The van der Waals surface area contributed by atoms with Crippen LogP contribution in [0.4, 0.5) is 14.8 Å². The van der Waals surface area contributed by atoms with Gasteiger partial charge in [0, 0.05) is 9.77 Å². The second-order valence-corrected chi connectivity index (χ2v) is 2.95. The van der Waals surface area contributed by atoms with E-state index in [1.807, 2.05) is 22.6 Å². The second kappa shape index (κ2) is 3.77. The zero-order valence-electron chi connectivity index (χ0n) is 5.26. The monoisotopic (exact) mass is 271 g/mol. The Morgan fingerprint density at radius 1 is 1.55 bits per heavy atom. The zero-order valence-corrected chi connectivity index (χ0v) is 7.42.